The van der Waals surface area contributed by atoms with Crippen molar-refractivity contribution in [2.24, 2.45) is 0 Å². The molecule has 2 fully saturated rings. The van der Waals surface area contributed by atoms with Crippen molar-refractivity contribution in [2.45, 2.75) is 25.4 Å². The summed E-state index contributed by atoms with van der Waals surface area (Å²) in [5.74, 6) is 0.602. The van der Waals surface area contributed by atoms with Crippen LogP contribution in [0.15, 0.2) is 36.7 Å². The van der Waals surface area contributed by atoms with Crippen molar-refractivity contribution in [3.05, 3.63) is 52.9 Å². The average Bonchev–Trinajstić information content (AvgIpc) is 2.77. The molecule has 7 nitrogen and oxygen atoms in total. The number of pyridine rings is 2. The highest BCUT2D eigenvalue weighted by Crippen LogP contribution is 2.24. The quantitative estimate of drug-likeness (QED) is 0.809. The highest BCUT2D eigenvalue weighted by Gasteiger charge is 2.22. The van der Waals surface area contributed by atoms with Crippen LogP contribution in [0.3, 0.4) is 0 Å². The van der Waals surface area contributed by atoms with Gasteiger partial charge in [-0.1, -0.05) is 17.7 Å². The van der Waals surface area contributed by atoms with Gasteiger partial charge in [-0.3, -0.25) is 14.7 Å². The number of piperidine rings is 1. The molecule has 0 aliphatic carbocycles. The molecule has 0 radical (unpaired) electrons. The number of morpholine rings is 1. The third-order valence-corrected chi connectivity index (χ3v) is 5.71. The summed E-state index contributed by atoms with van der Waals surface area (Å²) in [4.78, 5) is 25.6. The molecule has 0 unspecified atom stereocenters. The van der Waals surface area contributed by atoms with Crippen LogP contribution < -0.4 is 5.32 Å². The lowest BCUT2D eigenvalue weighted by molar-refractivity contribution is 0.0302. The van der Waals surface area contributed by atoms with Gasteiger partial charge in [-0.25, -0.2) is 4.98 Å². The predicted molar refractivity (Wildman–Crippen MR) is 112 cm³/mol. The van der Waals surface area contributed by atoms with Crippen molar-refractivity contribution in [1.82, 2.24) is 19.8 Å². The lowest BCUT2D eigenvalue weighted by Crippen LogP contribution is -2.40. The number of nitrogens with zero attached hydrogens (tertiary/aromatic N) is 4. The number of nitrogens with one attached hydrogen (secondary N) is 1. The minimum atomic E-state index is -0.0444. The van der Waals surface area contributed by atoms with Crippen molar-refractivity contribution >= 4 is 23.3 Å². The largest absolute Gasteiger partial charge is 0.378 e. The topological polar surface area (TPSA) is 70.6 Å². The number of anilines is 1. The zero-order chi connectivity index (χ0) is 20.1. The zero-order valence-electron chi connectivity index (χ0n) is 16.4. The number of carbonyl (C=O) groups excluding carboxylic acids is 1. The molecular weight excluding hydrogens is 390 g/mol. The molecule has 4 heterocycles. The summed E-state index contributed by atoms with van der Waals surface area (Å²) in [6.07, 6.45) is 5.48. The van der Waals surface area contributed by atoms with Crippen molar-refractivity contribution in [3.63, 3.8) is 0 Å². The Bertz CT molecular complexity index is 821. The second-order valence-electron chi connectivity index (χ2n) is 7.47. The van der Waals surface area contributed by atoms with E-state index < -0.39 is 0 Å². The molecule has 2 aliphatic heterocycles. The summed E-state index contributed by atoms with van der Waals surface area (Å²) in [7, 11) is 0. The Labute approximate surface area is 176 Å². The van der Waals surface area contributed by atoms with Crippen LogP contribution in [-0.4, -0.2) is 71.1 Å². The third kappa shape index (κ3) is 5.23. The second-order valence-corrected chi connectivity index (χ2v) is 7.88. The number of rotatable bonds is 5. The third-order valence-electron chi connectivity index (χ3n) is 5.43. The molecule has 2 saturated heterocycles. The van der Waals surface area contributed by atoms with Gasteiger partial charge in [0.2, 0.25) is 0 Å². The highest BCUT2D eigenvalue weighted by atomic mass is 35.5. The van der Waals surface area contributed by atoms with E-state index in [4.69, 9.17) is 16.3 Å². The molecule has 2 aliphatic rings. The van der Waals surface area contributed by atoms with Gasteiger partial charge < -0.3 is 15.0 Å². The number of hydrogen-bond donors (Lipinski definition) is 1. The summed E-state index contributed by atoms with van der Waals surface area (Å²) in [6, 6.07) is 8.06. The summed E-state index contributed by atoms with van der Waals surface area (Å²) in [6.45, 7) is 5.24. The maximum absolute atomic E-state index is 12.6. The molecule has 2 aromatic heterocycles. The normalized spacial score (nSPS) is 18.6. The van der Waals surface area contributed by atoms with Crippen molar-refractivity contribution < 1.29 is 9.53 Å². The van der Waals surface area contributed by atoms with E-state index in [2.05, 4.69) is 26.3 Å². The van der Waals surface area contributed by atoms with E-state index in [1.165, 1.54) is 0 Å². The van der Waals surface area contributed by atoms with E-state index in [-0.39, 0.29) is 5.91 Å². The first kappa shape index (κ1) is 20.1. The molecule has 0 saturated carbocycles. The first-order valence-electron chi connectivity index (χ1n) is 10.1. The Morgan fingerprint density at radius 3 is 2.66 bits per heavy atom. The van der Waals surface area contributed by atoms with Crippen LogP contribution in [0.4, 0.5) is 5.82 Å². The molecular formula is C21H26ClN5O2. The van der Waals surface area contributed by atoms with Crippen molar-refractivity contribution in [1.29, 1.82) is 0 Å². The molecule has 1 amide bonds. The molecule has 1 N–H and O–H groups in total. The second kappa shape index (κ2) is 9.52. The maximum atomic E-state index is 12.6. The number of ether oxygens (including phenoxy) is 1. The highest BCUT2D eigenvalue weighted by molar-refractivity contribution is 6.33. The molecule has 154 valence electrons. The Morgan fingerprint density at radius 2 is 1.97 bits per heavy atom. The fourth-order valence-electron chi connectivity index (χ4n) is 3.76. The molecule has 2 aromatic rings. The van der Waals surface area contributed by atoms with Gasteiger partial charge in [0.15, 0.2) is 0 Å². The van der Waals surface area contributed by atoms with Crippen molar-refractivity contribution in [3.8, 4) is 0 Å². The van der Waals surface area contributed by atoms with Crippen molar-refractivity contribution in [2.75, 3.05) is 44.7 Å². The Hall–Kier alpha value is -2.22. The molecule has 8 heteroatoms. The SMILES string of the molecule is O=C(c1cnc(NC2CCN(Cc3ccccn3)CC2)c(Cl)c1)N1CCOCC1. The fourth-order valence-corrected chi connectivity index (χ4v) is 3.98. The summed E-state index contributed by atoms with van der Waals surface area (Å²) in [5.41, 5.74) is 1.62. The van der Waals surface area contributed by atoms with Crippen LogP contribution in [-0.2, 0) is 11.3 Å². The van der Waals surface area contributed by atoms with Crippen LogP contribution in [0.25, 0.3) is 0 Å². The lowest BCUT2D eigenvalue weighted by atomic mass is 10.0. The molecule has 0 spiro atoms. The van der Waals surface area contributed by atoms with E-state index >= 15 is 0 Å². The van der Waals surface area contributed by atoms with Crippen LogP contribution in [0.2, 0.25) is 5.02 Å². The smallest absolute Gasteiger partial charge is 0.255 e. The number of hydrogen-bond acceptors (Lipinski definition) is 6. The summed E-state index contributed by atoms with van der Waals surface area (Å²) < 4.78 is 5.30. The van der Waals surface area contributed by atoms with E-state index in [0.29, 0.717) is 48.7 Å². The van der Waals surface area contributed by atoms with Gasteiger partial charge in [0.25, 0.3) is 5.91 Å². The van der Waals surface area contributed by atoms with E-state index in [9.17, 15) is 4.79 Å². The van der Waals surface area contributed by atoms with Crippen LogP contribution >= 0.6 is 11.6 Å². The Kier molecular flexibility index (Phi) is 6.59. The van der Waals surface area contributed by atoms with E-state index in [1.807, 2.05) is 18.3 Å². The number of aromatic nitrogens is 2. The van der Waals surface area contributed by atoms with Gasteiger partial charge in [-0.05, 0) is 31.0 Å². The fraction of sp³-hybridized carbons (Fsp3) is 0.476. The first-order chi connectivity index (χ1) is 14.2. The standard InChI is InChI=1S/C21H26ClN5O2/c22-19-13-16(21(28)27-9-11-29-12-10-27)14-24-20(19)25-17-4-7-26(8-5-17)15-18-3-1-2-6-23-18/h1-3,6,13-14,17H,4-5,7-12,15H2,(H,24,25). The minimum Gasteiger partial charge on any atom is -0.378 e. The number of carbonyl (C=O) groups is 1. The predicted octanol–water partition coefficient (Wildman–Crippen LogP) is 2.68. The number of halogens is 1. The molecule has 0 bridgehead atoms. The van der Waals surface area contributed by atoms with Gasteiger partial charge in [-0.15, -0.1) is 0 Å². The number of likely N-dealkylation sites (tertiary alicyclic amines) is 1. The summed E-state index contributed by atoms with van der Waals surface area (Å²) >= 11 is 6.43. The number of amides is 1. The van der Waals surface area contributed by atoms with Crippen LogP contribution in [0.5, 0.6) is 0 Å². The molecule has 0 atom stereocenters. The van der Waals surface area contributed by atoms with Gasteiger partial charge in [0.05, 0.1) is 29.5 Å². The Morgan fingerprint density at radius 1 is 1.17 bits per heavy atom. The average molecular weight is 416 g/mol. The van der Waals surface area contributed by atoms with Gasteiger partial charge >= 0.3 is 0 Å². The first-order valence-corrected chi connectivity index (χ1v) is 10.5. The lowest BCUT2D eigenvalue weighted by Gasteiger charge is -2.32. The van der Waals surface area contributed by atoms with Crippen LogP contribution in [0.1, 0.15) is 28.9 Å². The van der Waals surface area contributed by atoms with Crippen LogP contribution in [0, 0.1) is 0 Å². The zero-order valence-corrected chi connectivity index (χ0v) is 17.1. The molecule has 0 aromatic carbocycles. The van der Waals surface area contributed by atoms with Gasteiger partial charge in [0.1, 0.15) is 5.82 Å². The van der Waals surface area contributed by atoms with Gasteiger partial charge in [0, 0.05) is 51.2 Å². The Balaban J connectivity index is 1.30. The van der Waals surface area contributed by atoms with Gasteiger partial charge in [-0.2, -0.15) is 0 Å². The monoisotopic (exact) mass is 415 g/mol. The summed E-state index contributed by atoms with van der Waals surface area (Å²) in [5, 5.41) is 3.94. The van der Waals surface area contributed by atoms with E-state index in [0.717, 1.165) is 38.2 Å². The molecule has 4 rings (SSSR count). The maximum Gasteiger partial charge on any atom is 0.255 e. The minimum absolute atomic E-state index is 0.0444. The van der Waals surface area contributed by atoms with E-state index in [1.54, 1.807) is 17.2 Å². The molecule has 29 heavy (non-hydrogen) atoms.